The van der Waals surface area contributed by atoms with Crippen LogP contribution in [0.15, 0.2) is 18.2 Å². The number of aromatic carboxylic acids is 1. The zero-order valence-electron chi connectivity index (χ0n) is 15.9. The quantitative estimate of drug-likeness (QED) is 0.381. The van der Waals surface area contributed by atoms with E-state index in [1.54, 1.807) is 0 Å². The van der Waals surface area contributed by atoms with Gasteiger partial charge in [-0.3, -0.25) is 14.4 Å². The number of nitrogens with two attached hydrogens (primary N) is 1. The van der Waals surface area contributed by atoms with E-state index in [1.807, 2.05) is 0 Å². The van der Waals surface area contributed by atoms with Gasteiger partial charge in [0.15, 0.2) is 12.2 Å². The van der Waals surface area contributed by atoms with Crippen LogP contribution in [0.1, 0.15) is 31.1 Å². The third-order valence-corrected chi connectivity index (χ3v) is 3.78. The number of carbonyl (C=O) groups excluding carboxylic acids is 3. The standard InChI is InChI=1S/C18H21NO10/c1-8(20)26-14-7-25-18(16(28-10(3)22)15(14)27-9(2)21)29-13-5-4-11(19)6-12(13)17(23)24/h4-6,14-16,18H,7,19H2,1-3H3,(H,23,24)/t14-,15+,16-,18+/m1/s1. The Bertz CT molecular complexity index is 808. The lowest BCUT2D eigenvalue weighted by atomic mass is 10.0. The van der Waals surface area contributed by atoms with Crippen LogP contribution in [-0.2, 0) is 33.3 Å². The summed E-state index contributed by atoms with van der Waals surface area (Å²) in [5.41, 5.74) is 5.56. The maximum absolute atomic E-state index is 11.6. The van der Waals surface area contributed by atoms with Crippen LogP contribution in [0.3, 0.4) is 0 Å². The van der Waals surface area contributed by atoms with E-state index in [1.165, 1.54) is 18.2 Å². The molecule has 0 bridgehead atoms. The fourth-order valence-corrected chi connectivity index (χ4v) is 2.75. The van der Waals surface area contributed by atoms with E-state index in [0.29, 0.717) is 0 Å². The number of carboxylic acid groups (broad SMARTS) is 1. The first-order chi connectivity index (χ1) is 13.6. The molecule has 0 saturated carbocycles. The Morgan fingerprint density at radius 2 is 1.59 bits per heavy atom. The van der Waals surface area contributed by atoms with Crippen LogP contribution in [0.25, 0.3) is 0 Å². The maximum atomic E-state index is 11.6. The average molecular weight is 411 g/mol. The number of nitrogen functional groups attached to an aromatic ring is 1. The molecule has 1 aromatic carbocycles. The zero-order valence-corrected chi connectivity index (χ0v) is 15.9. The first-order valence-electron chi connectivity index (χ1n) is 8.51. The van der Waals surface area contributed by atoms with Gasteiger partial charge in [0.1, 0.15) is 11.3 Å². The second-order valence-corrected chi connectivity index (χ2v) is 6.18. The normalized spacial score (nSPS) is 23.6. The van der Waals surface area contributed by atoms with E-state index in [2.05, 4.69) is 0 Å². The van der Waals surface area contributed by atoms with Crippen molar-refractivity contribution in [2.24, 2.45) is 0 Å². The van der Waals surface area contributed by atoms with Gasteiger partial charge >= 0.3 is 23.9 Å². The van der Waals surface area contributed by atoms with Crippen molar-refractivity contribution in [2.75, 3.05) is 12.3 Å². The van der Waals surface area contributed by atoms with Crippen molar-refractivity contribution in [1.82, 2.24) is 0 Å². The van der Waals surface area contributed by atoms with Gasteiger partial charge in [-0.1, -0.05) is 0 Å². The Morgan fingerprint density at radius 3 is 2.14 bits per heavy atom. The lowest BCUT2D eigenvalue weighted by Crippen LogP contribution is -2.59. The van der Waals surface area contributed by atoms with Crippen LogP contribution < -0.4 is 10.5 Å². The highest BCUT2D eigenvalue weighted by Gasteiger charge is 2.48. The first-order valence-corrected chi connectivity index (χ1v) is 8.51. The Kier molecular flexibility index (Phi) is 6.99. The molecule has 0 spiro atoms. The van der Waals surface area contributed by atoms with E-state index >= 15 is 0 Å². The summed E-state index contributed by atoms with van der Waals surface area (Å²) in [4.78, 5) is 46.0. The fourth-order valence-electron chi connectivity index (χ4n) is 2.75. The molecule has 29 heavy (non-hydrogen) atoms. The van der Waals surface area contributed by atoms with Crippen molar-refractivity contribution in [3.63, 3.8) is 0 Å². The van der Waals surface area contributed by atoms with Gasteiger partial charge in [-0.15, -0.1) is 0 Å². The molecule has 1 aliphatic heterocycles. The van der Waals surface area contributed by atoms with Gasteiger partial charge in [-0.05, 0) is 18.2 Å². The van der Waals surface area contributed by atoms with Gasteiger partial charge in [0.25, 0.3) is 0 Å². The third kappa shape index (κ3) is 5.82. The second kappa shape index (κ2) is 9.24. The van der Waals surface area contributed by atoms with Crippen LogP contribution in [-0.4, -0.2) is 60.2 Å². The molecule has 11 heteroatoms. The van der Waals surface area contributed by atoms with E-state index in [0.717, 1.165) is 20.8 Å². The first kappa shape index (κ1) is 22.0. The summed E-state index contributed by atoms with van der Waals surface area (Å²) in [6, 6.07) is 3.91. The molecule has 4 atom stereocenters. The van der Waals surface area contributed by atoms with E-state index in [4.69, 9.17) is 29.4 Å². The predicted octanol–water partition coefficient (Wildman–Crippen LogP) is 0.497. The number of anilines is 1. The molecule has 0 unspecified atom stereocenters. The summed E-state index contributed by atoms with van der Waals surface area (Å²) in [5, 5.41) is 9.35. The largest absolute Gasteiger partial charge is 0.478 e. The van der Waals surface area contributed by atoms with Gasteiger partial charge in [0, 0.05) is 26.5 Å². The molecule has 0 aromatic heterocycles. The number of benzene rings is 1. The van der Waals surface area contributed by atoms with E-state index < -0.39 is 48.5 Å². The van der Waals surface area contributed by atoms with Crippen molar-refractivity contribution in [1.29, 1.82) is 0 Å². The average Bonchev–Trinajstić information content (AvgIpc) is 2.59. The van der Waals surface area contributed by atoms with Gasteiger partial charge in [0.05, 0.1) is 6.61 Å². The van der Waals surface area contributed by atoms with Crippen LogP contribution in [0, 0.1) is 0 Å². The van der Waals surface area contributed by atoms with Gasteiger partial charge < -0.3 is 34.5 Å². The van der Waals surface area contributed by atoms with Crippen molar-refractivity contribution in [3.05, 3.63) is 23.8 Å². The number of rotatable bonds is 6. The van der Waals surface area contributed by atoms with Gasteiger partial charge in [-0.25, -0.2) is 4.79 Å². The molecule has 158 valence electrons. The van der Waals surface area contributed by atoms with Gasteiger partial charge in [0.2, 0.25) is 12.4 Å². The van der Waals surface area contributed by atoms with Crippen molar-refractivity contribution < 1.29 is 48.0 Å². The van der Waals surface area contributed by atoms with Crippen molar-refractivity contribution >= 4 is 29.6 Å². The molecule has 3 N–H and O–H groups in total. The minimum atomic E-state index is -1.35. The van der Waals surface area contributed by atoms with Crippen LogP contribution in [0.5, 0.6) is 5.75 Å². The topological polar surface area (TPSA) is 161 Å². The Balaban J connectivity index is 2.37. The number of hydrogen-bond donors (Lipinski definition) is 2. The summed E-state index contributed by atoms with van der Waals surface area (Å²) in [6.45, 7) is 3.14. The fraction of sp³-hybridized carbons (Fsp3) is 0.444. The van der Waals surface area contributed by atoms with Crippen molar-refractivity contribution in [3.8, 4) is 5.75 Å². The Labute approximate surface area is 165 Å². The Hall–Kier alpha value is -3.34. The highest BCUT2D eigenvalue weighted by molar-refractivity contribution is 5.92. The van der Waals surface area contributed by atoms with Crippen LogP contribution in [0.2, 0.25) is 0 Å². The summed E-state index contributed by atoms with van der Waals surface area (Å²) in [6.07, 6.45) is -4.99. The Morgan fingerprint density at radius 1 is 1.00 bits per heavy atom. The van der Waals surface area contributed by atoms with E-state index in [-0.39, 0.29) is 23.6 Å². The molecule has 0 amide bonds. The van der Waals surface area contributed by atoms with E-state index in [9.17, 15) is 24.3 Å². The van der Waals surface area contributed by atoms with Crippen LogP contribution >= 0.6 is 0 Å². The molecule has 1 aromatic rings. The highest BCUT2D eigenvalue weighted by atomic mass is 16.7. The highest BCUT2D eigenvalue weighted by Crippen LogP contribution is 2.29. The predicted molar refractivity (Wildman–Crippen MR) is 94.8 cm³/mol. The van der Waals surface area contributed by atoms with Gasteiger partial charge in [-0.2, -0.15) is 0 Å². The SMILES string of the molecule is CC(=O)O[C@@H]1[C@@H](OC(C)=O)[C@H](Oc2ccc(N)cc2C(=O)O)OC[C@H]1OC(C)=O. The minimum Gasteiger partial charge on any atom is -0.478 e. The molecule has 1 aliphatic rings. The van der Waals surface area contributed by atoms with Crippen molar-refractivity contribution in [2.45, 2.75) is 45.4 Å². The number of hydrogen-bond acceptors (Lipinski definition) is 10. The molecule has 0 radical (unpaired) electrons. The molecular weight excluding hydrogens is 390 g/mol. The molecule has 1 saturated heterocycles. The zero-order chi connectivity index (χ0) is 21.7. The third-order valence-electron chi connectivity index (χ3n) is 3.78. The number of carbonyl (C=O) groups is 4. The molecule has 1 fully saturated rings. The second-order valence-electron chi connectivity index (χ2n) is 6.18. The smallest absolute Gasteiger partial charge is 0.339 e. The molecule has 0 aliphatic carbocycles. The molecule has 1 heterocycles. The number of ether oxygens (including phenoxy) is 5. The lowest BCUT2D eigenvalue weighted by molar-refractivity contribution is -0.259. The molecular formula is C18H21NO10. The number of esters is 3. The summed E-state index contributed by atoms with van der Waals surface area (Å²) >= 11 is 0. The lowest BCUT2D eigenvalue weighted by Gasteiger charge is -2.40. The summed E-state index contributed by atoms with van der Waals surface area (Å²) < 4.78 is 26.6. The monoisotopic (exact) mass is 411 g/mol. The minimum absolute atomic E-state index is 0.110. The molecule has 11 nitrogen and oxygen atoms in total. The summed E-state index contributed by atoms with van der Waals surface area (Å²) in [5.74, 6) is -3.54. The van der Waals surface area contributed by atoms with Crippen LogP contribution in [0.4, 0.5) is 5.69 Å². The molecule has 2 rings (SSSR count). The summed E-state index contributed by atoms with van der Waals surface area (Å²) in [7, 11) is 0. The maximum Gasteiger partial charge on any atom is 0.339 e. The number of carboxylic acids is 1.